The lowest BCUT2D eigenvalue weighted by Crippen LogP contribution is -2.15. The summed E-state index contributed by atoms with van der Waals surface area (Å²) in [6.45, 7) is 6.23. The molecular formula is C15H17N5O3S. The van der Waals surface area contributed by atoms with E-state index in [1.807, 2.05) is 11.5 Å². The van der Waals surface area contributed by atoms with Crippen molar-refractivity contribution in [2.75, 3.05) is 11.1 Å². The van der Waals surface area contributed by atoms with Crippen LogP contribution in [-0.4, -0.2) is 31.3 Å². The van der Waals surface area contributed by atoms with E-state index in [4.69, 9.17) is 0 Å². The highest BCUT2D eigenvalue weighted by Crippen LogP contribution is 2.24. The van der Waals surface area contributed by atoms with Gasteiger partial charge in [0.25, 0.3) is 5.69 Å². The second-order valence-corrected chi connectivity index (χ2v) is 5.71. The van der Waals surface area contributed by atoms with Crippen molar-refractivity contribution in [1.82, 2.24) is 14.8 Å². The quantitative estimate of drug-likeness (QED) is 0.341. The summed E-state index contributed by atoms with van der Waals surface area (Å²) in [5.74, 6) is 0.544. The van der Waals surface area contributed by atoms with Crippen LogP contribution in [0.1, 0.15) is 12.7 Å². The Morgan fingerprint density at radius 3 is 2.88 bits per heavy atom. The largest absolute Gasteiger partial charge is 0.320 e. The number of rotatable bonds is 8. The minimum Gasteiger partial charge on any atom is -0.320 e. The Morgan fingerprint density at radius 2 is 2.21 bits per heavy atom. The van der Waals surface area contributed by atoms with E-state index in [2.05, 4.69) is 22.1 Å². The van der Waals surface area contributed by atoms with E-state index in [0.29, 0.717) is 11.7 Å². The second-order valence-electron chi connectivity index (χ2n) is 4.76. The maximum absolute atomic E-state index is 12.1. The molecular weight excluding hydrogens is 330 g/mol. The average Bonchev–Trinajstić information content (AvgIpc) is 2.95. The number of aryl methyl sites for hydroxylation is 1. The van der Waals surface area contributed by atoms with Crippen LogP contribution in [0.5, 0.6) is 0 Å². The molecule has 1 heterocycles. The highest BCUT2D eigenvalue weighted by Gasteiger charge is 2.16. The summed E-state index contributed by atoms with van der Waals surface area (Å²) in [6, 6.07) is 6.02. The van der Waals surface area contributed by atoms with Crippen LogP contribution in [0.15, 0.2) is 42.1 Å². The highest BCUT2D eigenvalue weighted by molar-refractivity contribution is 7.99. The fourth-order valence-corrected chi connectivity index (χ4v) is 2.82. The molecule has 1 amide bonds. The van der Waals surface area contributed by atoms with E-state index in [-0.39, 0.29) is 23.0 Å². The summed E-state index contributed by atoms with van der Waals surface area (Å²) in [6.07, 6.45) is 2.46. The summed E-state index contributed by atoms with van der Waals surface area (Å²) >= 11 is 1.22. The molecule has 126 valence electrons. The zero-order chi connectivity index (χ0) is 17.5. The van der Waals surface area contributed by atoms with Gasteiger partial charge in [-0.25, -0.2) is 0 Å². The first-order chi connectivity index (χ1) is 11.6. The number of thioether (sulfide) groups is 1. The number of carbonyl (C=O) groups is 1. The summed E-state index contributed by atoms with van der Waals surface area (Å²) < 4.78 is 1.88. The number of nitrogens with one attached hydrogen (secondary N) is 1. The maximum atomic E-state index is 12.1. The van der Waals surface area contributed by atoms with Crippen LogP contribution in [0.3, 0.4) is 0 Å². The topological polar surface area (TPSA) is 103 Å². The standard InChI is InChI=1S/C15H17N5O3S/c1-3-9-19-13(4-2)17-18-15(19)24-10-14(21)16-11-7-5-6-8-12(11)20(22)23/h3,5-8H,1,4,9-10H2,2H3,(H,16,21). The Hall–Kier alpha value is -2.68. The van der Waals surface area contributed by atoms with E-state index in [1.54, 1.807) is 18.2 Å². The van der Waals surface area contributed by atoms with Crippen LogP contribution in [0.25, 0.3) is 0 Å². The number of benzene rings is 1. The van der Waals surface area contributed by atoms with Gasteiger partial charge in [0, 0.05) is 19.0 Å². The Labute approximate surface area is 143 Å². The Balaban J connectivity index is 2.03. The third-order valence-electron chi connectivity index (χ3n) is 3.13. The van der Waals surface area contributed by atoms with Gasteiger partial charge < -0.3 is 9.88 Å². The number of nitrogens with zero attached hydrogens (tertiary/aromatic N) is 4. The Kier molecular flexibility index (Phi) is 6.07. The minimum atomic E-state index is -0.531. The van der Waals surface area contributed by atoms with Gasteiger partial charge in [-0.2, -0.15) is 0 Å². The number of allylic oxidation sites excluding steroid dienone is 1. The van der Waals surface area contributed by atoms with Gasteiger partial charge in [0.15, 0.2) is 5.16 Å². The number of para-hydroxylation sites is 2. The molecule has 2 aromatic rings. The molecule has 1 aromatic heterocycles. The molecule has 0 aliphatic rings. The Morgan fingerprint density at radius 1 is 1.46 bits per heavy atom. The fraction of sp³-hybridized carbons (Fsp3) is 0.267. The molecule has 0 bridgehead atoms. The van der Waals surface area contributed by atoms with Crippen molar-refractivity contribution in [2.45, 2.75) is 25.0 Å². The first-order valence-corrected chi connectivity index (χ1v) is 8.24. The number of hydrogen-bond acceptors (Lipinski definition) is 6. The molecule has 0 saturated carbocycles. The smallest absolute Gasteiger partial charge is 0.292 e. The van der Waals surface area contributed by atoms with Gasteiger partial charge in [-0.3, -0.25) is 14.9 Å². The minimum absolute atomic E-state index is 0.0744. The first kappa shape index (κ1) is 17.7. The summed E-state index contributed by atoms with van der Waals surface area (Å²) in [5, 5.41) is 22.3. The average molecular weight is 347 g/mol. The lowest BCUT2D eigenvalue weighted by molar-refractivity contribution is -0.383. The molecule has 2 rings (SSSR count). The molecule has 0 radical (unpaired) electrons. The van der Waals surface area contributed by atoms with Crippen molar-refractivity contribution in [3.63, 3.8) is 0 Å². The molecule has 0 atom stereocenters. The fourth-order valence-electron chi connectivity index (χ4n) is 2.05. The summed E-state index contributed by atoms with van der Waals surface area (Å²) in [7, 11) is 0. The van der Waals surface area contributed by atoms with Crippen molar-refractivity contribution in [3.05, 3.63) is 52.9 Å². The first-order valence-electron chi connectivity index (χ1n) is 7.25. The predicted molar refractivity (Wildman–Crippen MR) is 92.0 cm³/mol. The van der Waals surface area contributed by atoms with Crippen LogP contribution >= 0.6 is 11.8 Å². The van der Waals surface area contributed by atoms with Crippen molar-refractivity contribution in [2.24, 2.45) is 0 Å². The van der Waals surface area contributed by atoms with Gasteiger partial charge >= 0.3 is 0 Å². The lowest BCUT2D eigenvalue weighted by Gasteiger charge is -2.07. The van der Waals surface area contributed by atoms with E-state index < -0.39 is 4.92 Å². The van der Waals surface area contributed by atoms with Crippen molar-refractivity contribution in [3.8, 4) is 0 Å². The number of nitro benzene ring substituents is 1. The SMILES string of the molecule is C=CCn1c(CC)nnc1SCC(=O)Nc1ccccc1[N+](=O)[O-]. The third-order valence-corrected chi connectivity index (χ3v) is 4.10. The molecule has 24 heavy (non-hydrogen) atoms. The second kappa shape index (κ2) is 8.25. The number of amides is 1. The maximum Gasteiger partial charge on any atom is 0.292 e. The third kappa shape index (κ3) is 4.19. The van der Waals surface area contributed by atoms with Crippen molar-refractivity contribution < 1.29 is 9.72 Å². The molecule has 0 spiro atoms. The molecule has 1 N–H and O–H groups in total. The van der Waals surface area contributed by atoms with Gasteiger partial charge in [-0.15, -0.1) is 16.8 Å². The van der Waals surface area contributed by atoms with Gasteiger partial charge in [-0.1, -0.05) is 36.9 Å². The zero-order valence-corrected chi connectivity index (χ0v) is 14.0. The summed E-state index contributed by atoms with van der Waals surface area (Å²) in [5.41, 5.74) is 0.0360. The number of hydrogen-bond donors (Lipinski definition) is 1. The number of carbonyl (C=O) groups excluding carboxylic acids is 1. The molecule has 8 nitrogen and oxygen atoms in total. The van der Waals surface area contributed by atoms with E-state index in [0.717, 1.165) is 12.2 Å². The highest BCUT2D eigenvalue weighted by atomic mass is 32.2. The van der Waals surface area contributed by atoms with Gasteiger partial charge in [0.2, 0.25) is 5.91 Å². The van der Waals surface area contributed by atoms with E-state index >= 15 is 0 Å². The molecule has 0 aliphatic heterocycles. The number of anilines is 1. The van der Waals surface area contributed by atoms with Crippen LogP contribution < -0.4 is 5.32 Å². The predicted octanol–water partition coefficient (Wildman–Crippen LogP) is 2.67. The normalized spacial score (nSPS) is 10.4. The van der Waals surface area contributed by atoms with Crippen LogP contribution in [0.2, 0.25) is 0 Å². The molecule has 0 fully saturated rings. The zero-order valence-electron chi connectivity index (χ0n) is 13.1. The van der Waals surface area contributed by atoms with Crippen molar-refractivity contribution in [1.29, 1.82) is 0 Å². The van der Waals surface area contributed by atoms with Gasteiger partial charge in [-0.05, 0) is 6.07 Å². The summed E-state index contributed by atoms with van der Waals surface area (Å²) in [4.78, 5) is 22.5. The van der Waals surface area contributed by atoms with Crippen LogP contribution in [0, 0.1) is 10.1 Å². The van der Waals surface area contributed by atoms with E-state index in [9.17, 15) is 14.9 Å². The molecule has 0 aliphatic carbocycles. The Bertz CT molecular complexity index is 759. The van der Waals surface area contributed by atoms with Crippen LogP contribution in [-0.2, 0) is 17.8 Å². The van der Waals surface area contributed by atoms with Gasteiger partial charge in [0.05, 0.1) is 10.7 Å². The monoisotopic (exact) mass is 347 g/mol. The number of nitro groups is 1. The van der Waals surface area contributed by atoms with E-state index in [1.165, 1.54) is 23.9 Å². The molecule has 1 aromatic carbocycles. The molecule has 0 unspecified atom stereocenters. The van der Waals surface area contributed by atoms with Crippen molar-refractivity contribution >= 4 is 29.0 Å². The lowest BCUT2D eigenvalue weighted by atomic mass is 10.2. The van der Waals surface area contributed by atoms with Crippen LogP contribution in [0.4, 0.5) is 11.4 Å². The molecule has 0 saturated heterocycles. The molecule has 9 heteroatoms. The van der Waals surface area contributed by atoms with Gasteiger partial charge in [0.1, 0.15) is 11.5 Å². The number of aromatic nitrogens is 3.